The number of carbonyl (C=O) groups excluding carboxylic acids is 1. The Balaban J connectivity index is 0.00000191. The normalized spacial score (nSPS) is 20.5. The molecule has 0 spiro atoms. The molecule has 0 amide bonds. The lowest BCUT2D eigenvalue weighted by Crippen LogP contribution is -2.41. The second kappa shape index (κ2) is 8.79. The van der Waals surface area contributed by atoms with Gasteiger partial charge in [0.15, 0.2) is 0 Å². The van der Waals surface area contributed by atoms with Gasteiger partial charge in [-0.3, -0.25) is 4.79 Å². The number of hydrogen-bond donors (Lipinski definition) is 0. The van der Waals surface area contributed by atoms with Gasteiger partial charge in [0, 0.05) is 12.2 Å². The Kier molecular flexibility index (Phi) is 8.56. The van der Waals surface area contributed by atoms with Crippen LogP contribution in [0.15, 0.2) is 0 Å². The zero-order chi connectivity index (χ0) is 16.7. The number of ether oxygens (including phenoxy) is 1. The maximum Gasteiger partial charge on any atom is 0.461 e. The number of carbonyl (C=O) groups is 1. The standard InChI is InChI=1S/C14H27BO4.C2H6/c1-7-8-9-17-12(16)10-11(2)15-18-13(3,4)14(5,6)19-15;1-2/h11H,7-10H2,1-6H3;1-2H3. The molecule has 0 aliphatic carbocycles. The third kappa shape index (κ3) is 5.99. The molecule has 0 N–H and O–H groups in total. The molecular formula is C16H33BO4. The topological polar surface area (TPSA) is 44.8 Å². The molecule has 1 atom stereocenters. The van der Waals surface area contributed by atoms with Crippen LogP contribution in [0, 0.1) is 0 Å². The Bertz CT molecular complexity index is 299. The number of esters is 1. The molecule has 1 fully saturated rings. The monoisotopic (exact) mass is 300 g/mol. The molecule has 0 aromatic carbocycles. The summed E-state index contributed by atoms with van der Waals surface area (Å²) in [4.78, 5) is 11.7. The molecular weight excluding hydrogens is 267 g/mol. The van der Waals surface area contributed by atoms with E-state index >= 15 is 0 Å². The Morgan fingerprint density at radius 2 is 1.62 bits per heavy atom. The summed E-state index contributed by atoms with van der Waals surface area (Å²) < 4.78 is 17.0. The highest BCUT2D eigenvalue weighted by atomic mass is 16.7. The van der Waals surface area contributed by atoms with Crippen LogP contribution in [-0.4, -0.2) is 30.9 Å². The first-order chi connectivity index (χ1) is 9.69. The van der Waals surface area contributed by atoms with Crippen LogP contribution in [0.4, 0.5) is 0 Å². The van der Waals surface area contributed by atoms with Crippen LogP contribution in [0.3, 0.4) is 0 Å². The van der Waals surface area contributed by atoms with E-state index in [9.17, 15) is 4.79 Å². The van der Waals surface area contributed by atoms with Gasteiger partial charge in [-0.1, -0.05) is 34.1 Å². The molecule has 21 heavy (non-hydrogen) atoms. The Labute approximate surface area is 131 Å². The van der Waals surface area contributed by atoms with E-state index in [4.69, 9.17) is 14.0 Å². The Hall–Kier alpha value is -0.545. The lowest BCUT2D eigenvalue weighted by atomic mass is 9.71. The molecule has 124 valence electrons. The van der Waals surface area contributed by atoms with Crippen molar-refractivity contribution in [1.82, 2.24) is 0 Å². The summed E-state index contributed by atoms with van der Waals surface area (Å²) in [6.07, 6.45) is 2.28. The SMILES string of the molecule is CC.CCCCOC(=O)CC(C)B1OC(C)(C)C(C)(C)O1. The van der Waals surface area contributed by atoms with Crippen LogP contribution >= 0.6 is 0 Å². The van der Waals surface area contributed by atoms with Crippen molar-refractivity contribution in [2.24, 2.45) is 0 Å². The highest BCUT2D eigenvalue weighted by Gasteiger charge is 2.52. The largest absolute Gasteiger partial charge is 0.466 e. The van der Waals surface area contributed by atoms with Gasteiger partial charge in [0.2, 0.25) is 0 Å². The molecule has 0 bridgehead atoms. The summed E-state index contributed by atoms with van der Waals surface area (Å²) in [6, 6.07) is 0. The first-order valence-corrected chi connectivity index (χ1v) is 8.21. The minimum Gasteiger partial charge on any atom is -0.466 e. The number of hydrogen-bond acceptors (Lipinski definition) is 4. The summed E-state index contributed by atoms with van der Waals surface area (Å²) in [5.74, 6) is -0.175. The van der Waals surface area contributed by atoms with Gasteiger partial charge in [0.05, 0.1) is 17.8 Å². The van der Waals surface area contributed by atoms with Crippen molar-refractivity contribution in [1.29, 1.82) is 0 Å². The van der Waals surface area contributed by atoms with Crippen molar-refractivity contribution in [3.8, 4) is 0 Å². The summed E-state index contributed by atoms with van der Waals surface area (Å²) in [7, 11) is -0.344. The van der Waals surface area contributed by atoms with Crippen LogP contribution in [0.1, 0.15) is 74.7 Å². The van der Waals surface area contributed by atoms with Gasteiger partial charge in [0.25, 0.3) is 0 Å². The van der Waals surface area contributed by atoms with E-state index in [1.807, 2.05) is 48.5 Å². The zero-order valence-corrected chi connectivity index (χ0v) is 15.1. The third-order valence-corrected chi connectivity index (χ3v) is 3.99. The molecule has 1 aliphatic rings. The smallest absolute Gasteiger partial charge is 0.461 e. The van der Waals surface area contributed by atoms with E-state index < -0.39 is 0 Å². The second-order valence-electron chi connectivity index (χ2n) is 6.38. The lowest BCUT2D eigenvalue weighted by Gasteiger charge is -2.32. The fourth-order valence-electron chi connectivity index (χ4n) is 1.87. The first-order valence-electron chi connectivity index (χ1n) is 8.21. The first kappa shape index (κ1) is 20.5. The quantitative estimate of drug-likeness (QED) is 0.418. The molecule has 4 nitrogen and oxygen atoms in total. The summed E-state index contributed by atoms with van der Waals surface area (Å²) in [6.45, 7) is 16.6. The fourth-order valence-corrected chi connectivity index (χ4v) is 1.87. The molecule has 5 heteroatoms. The molecule has 0 aromatic rings. The van der Waals surface area contributed by atoms with Crippen LogP contribution in [-0.2, 0) is 18.8 Å². The zero-order valence-electron chi connectivity index (χ0n) is 15.1. The van der Waals surface area contributed by atoms with Gasteiger partial charge >= 0.3 is 13.1 Å². The van der Waals surface area contributed by atoms with Crippen LogP contribution < -0.4 is 0 Å². The maximum atomic E-state index is 11.7. The highest BCUT2D eigenvalue weighted by molar-refractivity contribution is 6.47. The Morgan fingerprint density at radius 1 is 1.14 bits per heavy atom. The van der Waals surface area contributed by atoms with Gasteiger partial charge in [-0.05, 0) is 34.1 Å². The van der Waals surface area contributed by atoms with E-state index in [-0.39, 0.29) is 30.1 Å². The summed E-state index contributed by atoms with van der Waals surface area (Å²) in [5.41, 5.74) is -0.698. The molecule has 1 heterocycles. The molecule has 1 aliphatic heterocycles. The summed E-state index contributed by atoms with van der Waals surface area (Å²) >= 11 is 0. The van der Waals surface area contributed by atoms with Gasteiger partial charge < -0.3 is 14.0 Å². The Morgan fingerprint density at radius 3 is 2.05 bits per heavy atom. The molecule has 1 unspecified atom stereocenters. The highest BCUT2D eigenvalue weighted by Crippen LogP contribution is 2.40. The van der Waals surface area contributed by atoms with E-state index in [0.717, 1.165) is 12.8 Å². The molecule has 0 saturated carbocycles. The van der Waals surface area contributed by atoms with Gasteiger partial charge in [-0.25, -0.2) is 0 Å². The van der Waals surface area contributed by atoms with Crippen molar-refractivity contribution in [2.45, 2.75) is 91.7 Å². The maximum absolute atomic E-state index is 11.7. The number of rotatable bonds is 6. The molecule has 0 aromatic heterocycles. The second-order valence-corrected chi connectivity index (χ2v) is 6.38. The van der Waals surface area contributed by atoms with Crippen molar-refractivity contribution >= 4 is 13.1 Å². The van der Waals surface area contributed by atoms with Gasteiger partial charge in [-0.15, -0.1) is 0 Å². The van der Waals surface area contributed by atoms with Gasteiger partial charge in [0.1, 0.15) is 0 Å². The van der Waals surface area contributed by atoms with E-state index in [2.05, 4.69) is 6.92 Å². The minimum absolute atomic E-state index is 0.00447. The average Bonchev–Trinajstić information content (AvgIpc) is 2.61. The molecule has 1 rings (SSSR count). The van der Waals surface area contributed by atoms with Crippen molar-refractivity contribution in [3.63, 3.8) is 0 Å². The molecule has 0 radical (unpaired) electrons. The predicted molar refractivity (Wildman–Crippen MR) is 87.3 cm³/mol. The van der Waals surface area contributed by atoms with E-state index in [1.54, 1.807) is 0 Å². The average molecular weight is 300 g/mol. The van der Waals surface area contributed by atoms with Crippen molar-refractivity contribution < 1.29 is 18.8 Å². The van der Waals surface area contributed by atoms with Crippen LogP contribution in [0.25, 0.3) is 0 Å². The predicted octanol–water partition coefficient (Wildman–Crippen LogP) is 4.23. The van der Waals surface area contributed by atoms with Crippen LogP contribution in [0.5, 0.6) is 0 Å². The lowest BCUT2D eigenvalue weighted by molar-refractivity contribution is -0.143. The van der Waals surface area contributed by atoms with Crippen molar-refractivity contribution in [2.75, 3.05) is 6.61 Å². The fraction of sp³-hybridized carbons (Fsp3) is 0.938. The van der Waals surface area contributed by atoms with E-state index in [1.165, 1.54) is 0 Å². The van der Waals surface area contributed by atoms with E-state index in [0.29, 0.717) is 13.0 Å². The number of unbranched alkanes of at least 4 members (excludes halogenated alkanes) is 1. The third-order valence-electron chi connectivity index (χ3n) is 3.99. The van der Waals surface area contributed by atoms with Gasteiger partial charge in [-0.2, -0.15) is 0 Å². The molecule has 1 saturated heterocycles. The van der Waals surface area contributed by atoms with Crippen LogP contribution in [0.2, 0.25) is 5.82 Å². The minimum atomic E-state index is -0.349. The van der Waals surface area contributed by atoms with Crippen molar-refractivity contribution in [3.05, 3.63) is 0 Å². The summed E-state index contributed by atoms with van der Waals surface area (Å²) in [5, 5.41) is 0.